The molecule has 1 aromatic rings. The van der Waals surface area contributed by atoms with E-state index in [1.54, 1.807) is 4.68 Å². The Bertz CT molecular complexity index is 361. The highest BCUT2D eigenvalue weighted by Crippen LogP contribution is 2.16. The van der Waals surface area contributed by atoms with Gasteiger partial charge in [0.1, 0.15) is 0 Å². The molecule has 2 heterocycles. The molecule has 76 valence electrons. The lowest BCUT2D eigenvalue weighted by atomic mass is 10.4. The number of aryl methyl sites for hydroxylation is 1. The number of aromatic nitrogens is 2. The highest BCUT2D eigenvalue weighted by Gasteiger charge is 2.19. The van der Waals surface area contributed by atoms with Crippen molar-refractivity contribution in [1.82, 2.24) is 14.7 Å². The summed E-state index contributed by atoms with van der Waals surface area (Å²) >= 11 is 0. The Balaban J connectivity index is 2.25. The van der Waals surface area contributed by atoms with Crippen LogP contribution in [0.25, 0.3) is 0 Å². The van der Waals surface area contributed by atoms with E-state index in [0.29, 0.717) is 19.6 Å². The summed E-state index contributed by atoms with van der Waals surface area (Å²) in [6.07, 6.45) is -0.209. The fourth-order valence-corrected chi connectivity index (χ4v) is 1.61. The second-order valence-electron chi connectivity index (χ2n) is 3.27. The average Bonchev–Trinajstić information content (AvgIpc) is 2.32. The summed E-state index contributed by atoms with van der Waals surface area (Å²) in [7, 11) is 0. The van der Waals surface area contributed by atoms with Gasteiger partial charge in [-0.05, 0) is 6.42 Å². The molecule has 0 aromatic carbocycles. The van der Waals surface area contributed by atoms with E-state index in [4.69, 9.17) is 10.2 Å². The third-order valence-electron chi connectivity index (χ3n) is 2.27. The van der Waals surface area contributed by atoms with E-state index in [1.807, 2.05) is 0 Å². The average molecular weight is 197 g/mol. The molecule has 1 aliphatic heterocycles. The highest BCUT2D eigenvalue weighted by atomic mass is 16.4. The van der Waals surface area contributed by atoms with Gasteiger partial charge < -0.3 is 15.1 Å². The lowest BCUT2D eigenvalue weighted by Crippen LogP contribution is -2.28. The molecule has 0 saturated heterocycles. The minimum atomic E-state index is -0.931. The Kier molecular flexibility index (Phi) is 2.03. The van der Waals surface area contributed by atoms with Crippen LogP contribution in [-0.4, -0.2) is 37.5 Å². The largest absolute Gasteiger partial charge is 0.492 e. The maximum atomic E-state index is 10.8. The molecule has 0 saturated carbocycles. The summed E-state index contributed by atoms with van der Waals surface area (Å²) < 4.78 is 1.65. The Morgan fingerprint density at radius 2 is 2.29 bits per heavy atom. The van der Waals surface area contributed by atoms with Gasteiger partial charge in [-0.15, -0.1) is 5.10 Å². The van der Waals surface area contributed by atoms with Crippen LogP contribution in [0.2, 0.25) is 0 Å². The molecule has 6 nitrogen and oxygen atoms in total. The first-order chi connectivity index (χ1) is 6.66. The number of carboxylic acid groups (broad SMARTS) is 1. The molecule has 1 amide bonds. The van der Waals surface area contributed by atoms with E-state index in [2.05, 4.69) is 5.10 Å². The molecule has 0 atom stereocenters. The van der Waals surface area contributed by atoms with Crippen molar-refractivity contribution >= 4 is 6.09 Å². The van der Waals surface area contributed by atoms with E-state index in [-0.39, 0.29) is 5.88 Å². The van der Waals surface area contributed by atoms with Gasteiger partial charge in [0.15, 0.2) is 0 Å². The molecule has 0 unspecified atom stereocenters. The first kappa shape index (κ1) is 8.86. The number of aromatic hydroxyl groups is 1. The van der Waals surface area contributed by atoms with Crippen LogP contribution in [0.15, 0.2) is 6.07 Å². The van der Waals surface area contributed by atoms with Crippen LogP contribution < -0.4 is 0 Å². The first-order valence-electron chi connectivity index (χ1n) is 4.40. The Morgan fingerprint density at radius 3 is 3.00 bits per heavy atom. The molecule has 0 spiro atoms. The van der Waals surface area contributed by atoms with Crippen molar-refractivity contribution in [3.05, 3.63) is 11.8 Å². The fourth-order valence-electron chi connectivity index (χ4n) is 1.61. The van der Waals surface area contributed by atoms with Gasteiger partial charge in [0, 0.05) is 19.2 Å². The van der Waals surface area contributed by atoms with E-state index in [1.165, 1.54) is 11.0 Å². The van der Waals surface area contributed by atoms with E-state index in [0.717, 1.165) is 12.1 Å². The van der Waals surface area contributed by atoms with Crippen LogP contribution in [0.4, 0.5) is 4.79 Å². The molecule has 1 aliphatic rings. The van der Waals surface area contributed by atoms with Crippen molar-refractivity contribution in [2.75, 3.05) is 6.54 Å². The van der Waals surface area contributed by atoms with Gasteiger partial charge in [0.2, 0.25) is 5.88 Å². The third-order valence-corrected chi connectivity index (χ3v) is 2.27. The second kappa shape index (κ2) is 3.21. The molecule has 0 aliphatic carbocycles. The van der Waals surface area contributed by atoms with Crippen molar-refractivity contribution in [2.24, 2.45) is 0 Å². The van der Waals surface area contributed by atoms with Gasteiger partial charge in [-0.3, -0.25) is 4.68 Å². The predicted molar refractivity (Wildman–Crippen MR) is 46.9 cm³/mol. The third kappa shape index (κ3) is 1.50. The van der Waals surface area contributed by atoms with Crippen LogP contribution in [0.5, 0.6) is 5.88 Å². The van der Waals surface area contributed by atoms with Gasteiger partial charge in [-0.2, -0.15) is 0 Å². The molecule has 0 radical (unpaired) electrons. The van der Waals surface area contributed by atoms with Gasteiger partial charge in [-0.25, -0.2) is 4.79 Å². The Morgan fingerprint density at radius 1 is 1.50 bits per heavy atom. The second-order valence-corrected chi connectivity index (χ2v) is 3.27. The van der Waals surface area contributed by atoms with E-state index < -0.39 is 6.09 Å². The maximum absolute atomic E-state index is 10.8. The molecule has 0 bridgehead atoms. The van der Waals surface area contributed by atoms with Gasteiger partial charge in [0.25, 0.3) is 0 Å². The lowest BCUT2D eigenvalue weighted by molar-refractivity contribution is 0.143. The van der Waals surface area contributed by atoms with Crippen molar-refractivity contribution in [1.29, 1.82) is 0 Å². The standard InChI is InChI=1S/C8H11N3O3/c12-7-4-6-5-10(8(13)14)2-1-3-11(6)9-7/h4H,1-3,5H2,(H,9,12)(H,13,14). The minimum Gasteiger partial charge on any atom is -0.492 e. The zero-order valence-electron chi connectivity index (χ0n) is 7.55. The maximum Gasteiger partial charge on any atom is 0.407 e. The van der Waals surface area contributed by atoms with Crippen molar-refractivity contribution in [3.8, 4) is 5.88 Å². The number of amides is 1. The van der Waals surface area contributed by atoms with Crippen molar-refractivity contribution < 1.29 is 15.0 Å². The number of rotatable bonds is 0. The van der Waals surface area contributed by atoms with Crippen LogP contribution in [0.3, 0.4) is 0 Å². The monoisotopic (exact) mass is 197 g/mol. The molecule has 1 aromatic heterocycles. The zero-order chi connectivity index (χ0) is 10.1. The first-order valence-corrected chi connectivity index (χ1v) is 4.40. The Hall–Kier alpha value is -1.72. The van der Waals surface area contributed by atoms with Crippen LogP contribution in [0, 0.1) is 0 Å². The summed E-state index contributed by atoms with van der Waals surface area (Å²) in [6, 6.07) is 1.50. The molecule has 6 heteroatoms. The quantitative estimate of drug-likeness (QED) is 0.633. The Labute approximate surface area is 80.4 Å². The minimum absolute atomic E-state index is 0.0489. The highest BCUT2D eigenvalue weighted by molar-refractivity contribution is 5.64. The fraction of sp³-hybridized carbons (Fsp3) is 0.500. The topological polar surface area (TPSA) is 78.6 Å². The summed E-state index contributed by atoms with van der Waals surface area (Å²) in [6.45, 7) is 1.46. The number of hydrogen-bond acceptors (Lipinski definition) is 3. The van der Waals surface area contributed by atoms with Gasteiger partial charge in [-0.1, -0.05) is 0 Å². The van der Waals surface area contributed by atoms with Gasteiger partial charge in [0.05, 0.1) is 12.2 Å². The molecule has 2 rings (SSSR count). The van der Waals surface area contributed by atoms with Crippen molar-refractivity contribution in [3.63, 3.8) is 0 Å². The summed E-state index contributed by atoms with van der Waals surface area (Å²) in [4.78, 5) is 12.1. The normalized spacial score (nSPS) is 16.1. The predicted octanol–water partition coefficient (Wildman–Crippen LogP) is 0.472. The zero-order valence-corrected chi connectivity index (χ0v) is 7.55. The van der Waals surface area contributed by atoms with Crippen molar-refractivity contribution in [2.45, 2.75) is 19.5 Å². The number of carbonyl (C=O) groups is 1. The molecular formula is C8H11N3O3. The van der Waals surface area contributed by atoms with E-state index in [9.17, 15) is 4.79 Å². The number of nitrogens with zero attached hydrogens (tertiary/aromatic N) is 3. The molecule has 2 N–H and O–H groups in total. The SMILES string of the molecule is O=C(O)N1CCCn2nc(O)cc2C1. The summed E-state index contributed by atoms with van der Waals surface area (Å²) in [5, 5.41) is 21.8. The van der Waals surface area contributed by atoms with Crippen LogP contribution >= 0.6 is 0 Å². The van der Waals surface area contributed by atoms with Crippen LogP contribution in [0.1, 0.15) is 12.1 Å². The summed E-state index contributed by atoms with van der Waals surface area (Å²) in [5.41, 5.74) is 0.738. The molecular weight excluding hydrogens is 186 g/mol. The molecule has 14 heavy (non-hydrogen) atoms. The number of hydrogen-bond donors (Lipinski definition) is 2. The number of fused-ring (bicyclic) bond motifs is 1. The smallest absolute Gasteiger partial charge is 0.407 e. The molecule has 0 fully saturated rings. The lowest BCUT2D eigenvalue weighted by Gasteiger charge is -2.14. The van der Waals surface area contributed by atoms with E-state index >= 15 is 0 Å². The summed E-state index contributed by atoms with van der Waals surface area (Å²) in [5.74, 6) is -0.0489. The van der Waals surface area contributed by atoms with Crippen LogP contribution in [-0.2, 0) is 13.1 Å². The van der Waals surface area contributed by atoms with Gasteiger partial charge >= 0.3 is 6.09 Å².